The van der Waals surface area contributed by atoms with E-state index in [1.807, 2.05) is 0 Å². The molecular weight excluding hydrogens is 678 g/mol. The summed E-state index contributed by atoms with van der Waals surface area (Å²) in [5.74, 6) is -0.852. The first-order valence-corrected chi connectivity index (χ1v) is 14.5. The Hall–Kier alpha value is -4.38. The molecule has 224 valence electrons. The van der Waals surface area contributed by atoms with Crippen molar-refractivity contribution in [1.29, 1.82) is 0 Å². The van der Waals surface area contributed by atoms with Crippen LogP contribution >= 0.6 is 39.1 Å². The molecule has 0 bridgehead atoms. The van der Waals surface area contributed by atoms with Gasteiger partial charge in [-0.1, -0.05) is 41.4 Å². The van der Waals surface area contributed by atoms with E-state index in [-0.39, 0.29) is 30.3 Å². The van der Waals surface area contributed by atoms with Gasteiger partial charge in [-0.25, -0.2) is 14.1 Å². The lowest BCUT2D eigenvalue weighted by Gasteiger charge is -2.26. The fraction of sp³-hybridized carbons (Fsp3) is 0.0938. The molecule has 1 aliphatic heterocycles. The lowest BCUT2D eigenvalue weighted by Crippen LogP contribution is -2.54. The molecule has 0 aromatic heterocycles. The van der Waals surface area contributed by atoms with Crippen LogP contribution in [0.3, 0.4) is 0 Å². The Morgan fingerprint density at radius 1 is 0.909 bits per heavy atom. The van der Waals surface area contributed by atoms with Crippen LogP contribution in [0.2, 0.25) is 10.0 Å². The highest BCUT2D eigenvalue weighted by molar-refractivity contribution is 9.10. The van der Waals surface area contributed by atoms with Gasteiger partial charge >= 0.3 is 6.03 Å². The van der Waals surface area contributed by atoms with Crippen LogP contribution in [-0.2, 0) is 22.8 Å². The van der Waals surface area contributed by atoms with Crippen molar-refractivity contribution in [3.8, 4) is 17.2 Å². The molecule has 8 nitrogen and oxygen atoms in total. The van der Waals surface area contributed by atoms with E-state index in [1.54, 1.807) is 54.6 Å². The third kappa shape index (κ3) is 7.05. The van der Waals surface area contributed by atoms with Crippen molar-refractivity contribution in [2.24, 2.45) is 0 Å². The van der Waals surface area contributed by atoms with Crippen LogP contribution < -0.4 is 24.4 Å². The van der Waals surface area contributed by atoms with Crippen LogP contribution in [0.25, 0.3) is 6.08 Å². The maximum Gasteiger partial charge on any atom is 0.335 e. The molecule has 4 aromatic carbocycles. The van der Waals surface area contributed by atoms with Crippen molar-refractivity contribution in [2.75, 3.05) is 12.0 Å². The zero-order chi connectivity index (χ0) is 31.4. The van der Waals surface area contributed by atoms with Crippen molar-refractivity contribution in [2.45, 2.75) is 13.2 Å². The summed E-state index contributed by atoms with van der Waals surface area (Å²) in [4.78, 5) is 39.7. The molecule has 0 spiro atoms. The molecule has 0 saturated carbocycles. The third-order valence-electron chi connectivity index (χ3n) is 6.47. The summed E-state index contributed by atoms with van der Waals surface area (Å²) in [6, 6.07) is 19.5. The minimum absolute atomic E-state index is 0.145. The number of rotatable bonds is 9. The summed E-state index contributed by atoms with van der Waals surface area (Å²) < 4.78 is 30.9. The molecule has 0 aliphatic carbocycles. The Morgan fingerprint density at radius 2 is 1.64 bits per heavy atom. The second kappa shape index (κ2) is 13.5. The first-order valence-electron chi connectivity index (χ1n) is 13.0. The highest BCUT2D eigenvalue weighted by Crippen LogP contribution is 2.38. The minimum atomic E-state index is -0.887. The number of nitrogens with zero attached hydrogens (tertiary/aromatic N) is 1. The van der Waals surface area contributed by atoms with Crippen molar-refractivity contribution in [1.82, 2.24) is 5.32 Å². The Labute approximate surface area is 270 Å². The normalized spacial score (nSPS) is 14.1. The fourth-order valence-corrected chi connectivity index (χ4v) is 5.29. The van der Waals surface area contributed by atoms with Crippen LogP contribution in [0.5, 0.6) is 17.2 Å². The number of nitrogens with one attached hydrogen (secondary N) is 1. The number of barbiturate groups is 1. The van der Waals surface area contributed by atoms with Crippen molar-refractivity contribution in [3.05, 3.63) is 121 Å². The van der Waals surface area contributed by atoms with Gasteiger partial charge in [-0.3, -0.25) is 14.9 Å². The molecule has 0 radical (unpaired) electrons. The molecule has 0 atom stereocenters. The number of methoxy groups -OCH3 is 1. The Bertz CT molecular complexity index is 1780. The van der Waals surface area contributed by atoms with E-state index < -0.39 is 17.8 Å². The predicted octanol–water partition coefficient (Wildman–Crippen LogP) is 7.73. The van der Waals surface area contributed by atoms with E-state index in [9.17, 15) is 18.8 Å². The number of imide groups is 2. The number of hydrogen-bond acceptors (Lipinski definition) is 6. The molecule has 4 amide bonds. The fourth-order valence-electron chi connectivity index (χ4n) is 4.25. The van der Waals surface area contributed by atoms with Gasteiger partial charge in [0.05, 0.1) is 17.3 Å². The predicted molar refractivity (Wildman–Crippen MR) is 168 cm³/mol. The second-order valence-electron chi connectivity index (χ2n) is 9.43. The third-order valence-corrected chi connectivity index (χ3v) is 7.64. The molecule has 5 rings (SSSR count). The van der Waals surface area contributed by atoms with E-state index in [4.69, 9.17) is 37.4 Å². The number of benzene rings is 4. The molecular formula is C32H22BrCl2FN2O6. The largest absolute Gasteiger partial charge is 0.493 e. The van der Waals surface area contributed by atoms with E-state index in [0.717, 1.165) is 16.0 Å². The van der Waals surface area contributed by atoms with Gasteiger partial charge in [0.2, 0.25) is 0 Å². The van der Waals surface area contributed by atoms with E-state index >= 15 is 0 Å². The van der Waals surface area contributed by atoms with Crippen LogP contribution in [0.4, 0.5) is 14.9 Å². The SMILES string of the molecule is COc1cc(/C=C2\C(=O)NC(=O)N(c3ccc(OCc4ccc(Cl)cc4Cl)cc3)C2=O)cc(Br)c1OCc1ccc(F)cc1. The van der Waals surface area contributed by atoms with Crippen LogP contribution in [0, 0.1) is 5.82 Å². The average molecular weight is 700 g/mol. The molecule has 1 heterocycles. The van der Waals surface area contributed by atoms with Crippen LogP contribution in [0.15, 0.2) is 88.9 Å². The lowest BCUT2D eigenvalue weighted by atomic mass is 10.1. The summed E-state index contributed by atoms with van der Waals surface area (Å²) in [6.07, 6.45) is 1.35. The maximum absolute atomic E-state index is 13.4. The van der Waals surface area contributed by atoms with Crippen molar-refractivity contribution < 1.29 is 33.0 Å². The summed E-state index contributed by atoms with van der Waals surface area (Å²) in [7, 11) is 1.44. The average Bonchev–Trinajstić information content (AvgIpc) is 2.99. The monoisotopic (exact) mass is 698 g/mol. The van der Waals surface area contributed by atoms with Gasteiger partial charge < -0.3 is 14.2 Å². The van der Waals surface area contributed by atoms with E-state index in [1.165, 1.54) is 37.5 Å². The molecule has 1 N–H and O–H groups in total. The summed E-state index contributed by atoms with van der Waals surface area (Å²) >= 11 is 15.6. The summed E-state index contributed by atoms with van der Waals surface area (Å²) in [5, 5.41) is 3.18. The van der Waals surface area contributed by atoms with Gasteiger partial charge in [0.15, 0.2) is 11.5 Å². The highest BCUT2D eigenvalue weighted by atomic mass is 79.9. The number of amides is 4. The van der Waals surface area contributed by atoms with Gasteiger partial charge in [0.1, 0.15) is 30.4 Å². The van der Waals surface area contributed by atoms with E-state index in [2.05, 4.69) is 21.2 Å². The Morgan fingerprint density at radius 3 is 2.32 bits per heavy atom. The van der Waals surface area contributed by atoms with Gasteiger partial charge in [-0.2, -0.15) is 0 Å². The van der Waals surface area contributed by atoms with Crippen LogP contribution in [0.1, 0.15) is 16.7 Å². The van der Waals surface area contributed by atoms with Gasteiger partial charge in [0, 0.05) is 15.6 Å². The quantitative estimate of drug-likeness (QED) is 0.142. The standard InChI is InChI=1S/C32H22BrCl2FN2O6/c1-42-28-14-19(13-26(33)29(28)44-16-18-2-6-22(36)7-3-18)12-25-30(39)37-32(41)38(31(25)40)23-8-10-24(11-9-23)43-17-20-4-5-21(34)15-27(20)35/h2-15H,16-17H2,1H3,(H,37,39,41)/b25-12+. The number of halogens is 4. The first-order chi connectivity index (χ1) is 21.1. The number of carbonyl (C=O) groups excluding carboxylic acids is 3. The van der Waals surface area contributed by atoms with Gasteiger partial charge in [-0.05, 0) is 93.8 Å². The molecule has 44 heavy (non-hydrogen) atoms. The number of anilines is 1. The van der Waals surface area contributed by atoms with E-state index in [0.29, 0.717) is 37.3 Å². The first kappa shape index (κ1) is 31.1. The Kier molecular flexibility index (Phi) is 9.53. The molecule has 4 aromatic rings. The van der Waals surface area contributed by atoms with Gasteiger partial charge in [-0.15, -0.1) is 0 Å². The van der Waals surface area contributed by atoms with Gasteiger partial charge in [0.25, 0.3) is 11.8 Å². The zero-order valence-corrected chi connectivity index (χ0v) is 26.0. The summed E-state index contributed by atoms with van der Waals surface area (Å²) in [6.45, 7) is 0.321. The molecule has 12 heteroatoms. The lowest BCUT2D eigenvalue weighted by molar-refractivity contribution is -0.122. The number of urea groups is 1. The Balaban J connectivity index is 1.33. The number of hydrogen-bond donors (Lipinski definition) is 1. The molecule has 0 unspecified atom stereocenters. The van der Waals surface area contributed by atoms with Crippen molar-refractivity contribution in [3.63, 3.8) is 0 Å². The van der Waals surface area contributed by atoms with Crippen molar-refractivity contribution >= 4 is 68.7 Å². The zero-order valence-electron chi connectivity index (χ0n) is 22.9. The summed E-state index contributed by atoms with van der Waals surface area (Å²) in [5.41, 5.74) is 1.86. The molecule has 1 aliphatic rings. The smallest absolute Gasteiger partial charge is 0.335 e. The number of ether oxygens (including phenoxy) is 3. The molecule has 1 fully saturated rings. The minimum Gasteiger partial charge on any atom is -0.493 e. The highest BCUT2D eigenvalue weighted by Gasteiger charge is 2.37. The second-order valence-corrected chi connectivity index (χ2v) is 11.1. The van der Waals surface area contributed by atoms with Crippen LogP contribution in [-0.4, -0.2) is 25.0 Å². The molecule has 1 saturated heterocycles. The number of carbonyl (C=O) groups is 3. The maximum atomic E-state index is 13.4. The topological polar surface area (TPSA) is 94.2 Å².